The van der Waals surface area contributed by atoms with E-state index in [4.69, 9.17) is 23.2 Å². The van der Waals surface area contributed by atoms with Crippen LogP contribution in [0.25, 0.3) is 0 Å². The molecule has 158 valence electrons. The molecule has 0 aliphatic heterocycles. The van der Waals surface area contributed by atoms with Gasteiger partial charge in [0.1, 0.15) is 23.0 Å². The molecule has 30 heavy (non-hydrogen) atoms. The fourth-order valence-corrected chi connectivity index (χ4v) is 4.10. The van der Waals surface area contributed by atoms with Gasteiger partial charge in [-0.05, 0) is 24.6 Å². The number of benzene rings is 3. The van der Waals surface area contributed by atoms with Crippen LogP contribution in [0.15, 0.2) is 42.5 Å². The molecule has 0 saturated heterocycles. The molecule has 0 unspecified atom stereocenters. The van der Waals surface area contributed by atoms with E-state index in [1.165, 1.54) is 12.1 Å². The number of hydrogen-bond donors (Lipinski definition) is 6. The maximum absolute atomic E-state index is 10.9. The number of aliphatic hydroxyl groups excluding tert-OH is 2. The van der Waals surface area contributed by atoms with Gasteiger partial charge in [-0.3, -0.25) is 0 Å². The Morgan fingerprint density at radius 2 is 1.10 bits per heavy atom. The summed E-state index contributed by atoms with van der Waals surface area (Å²) in [5.41, 5.74) is -0.717. The van der Waals surface area contributed by atoms with E-state index in [0.717, 1.165) is 0 Å². The summed E-state index contributed by atoms with van der Waals surface area (Å²) in [7, 11) is 0. The molecular weight excluding hydrogens is 431 g/mol. The van der Waals surface area contributed by atoms with E-state index < -0.39 is 41.6 Å². The Morgan fingerprint density at radius 1 is 0.700 bits per heavy atom. The standard InChI is InChI=1S/C22H20Cl2O6/c1-22(11-5-3-2-4-6-11,14-7-16(23)20(29)12(9-25)18(14)27)15-8-17(24)21(30)13(10-26)19(15)28/h2-8,25-30H,9-10H2,1H3. The van der Waals surface area contributed by atoms with E-state index >= 15 is 0 Å². The normalized spacial score (nSPS) is 11.6. The summed E-state index contributed by atoms with van der Waals surface area (Å²) in [4.78, 5) is 0. The van der Waals surface area contributed by atoms with Crippen molar-refractivity contribution in [3.8, 4) is 23.0 Å². The second-order valence-electron chi connectivity index (χ2n) is 6.97. The van der Waals surface area contributed by atoms with Crippen LogP contribution in [-0.2, 0) is 18.6 Å². The van der Waals surface area contributed by atoms with Crippen LogP contribution in [0.1, 0.15) is 34.7 Å². The lowest BCUT2D eigenvalue weighted by Gasteiger charge is -2.34. The lowest BCUT2D eigenvalue weighted by molar-refractivity contribution is 0.267. The van der Waals surface area contributed by atoms with E-state index in [-0.39, 0.29) is 32.3 Å². The molecule has 0 atom stereocenters. The highest BCUT2D eigenvalue weighted by Crippen LogP contribution is 2.52. The van der Waals surface area contributed by atoms with Gasteiger partial charge in [0.15, 0.2) is 0 Å². The molecule has 0 aliphatic carbocycles. The first-order valence-corrected chi connectivity index (χ1v) is 9.68. The maximum Gasteiger partial charge on any atom is 0.143 e. The Morgan fingerprint density at radius 3 is 1.47 bits per heavy atom. The van der Waals surface area contributed by atoms with Crippen molar-refractivity contribution < 1.29 is 30.6 Å². The molecule has 0 fully saturated rings. The van der Waals surface area contributed by atoms with Crippen LogP contribution < -0.4 is 0 Å². The number of rotatable bonds is 5. The summed E-state index contributed by atoms with van der Waals surface area (Å²) in [5, 5.41) is 61.2. The summed E-state index contributed by atoms with van der Waals surface area (Å²) in [6.45, 7) is 0.316. The first-order chi connectivity index (χ1) is 14.2. The Labute approximate surface area is 182 Å². The first-order valence-electron chi connectivity index (χ1n) is 8.93. The summed E-state index contributed by atoms with van der Waals surface area (Å²) in [5.74, 6) is -1.75. The SMILES string of the molecule is CC(c1ccccc1)(c1cc(Cl)c(O)c(CO)c1O)c1cc(Cl)c(O)c(CO)c1O. The van der Waals surface area contributed by atoms with Crippen LogP contribution in [0.4, 0.5) is 0 Å². The van der Waals surface area contributed by atoms with Gasteiger partial charge >= 0.3 is 0 Å². The fraction of sp³-hybridized carbons (Fsp3) is 0.182. The largest absolute Gasteiger partial charge is 0.507 e. The molecule has 0 heterocycles. The molecular formula is C22H20Cl2O6. The number of aromatic hydroxyl groups is 4. The summed E-state index contributed by atoms with van der Waals surface area (Å²) in [6, 6.07) is 11.5. The third kappa shape index (κ3) is 3.32. The number of halogens is 2. The first kappa shape index (κ1) is 22.1. The van der Waals surface area contributed by atoms with Gasteiger partial charge in [0.25, 0.3) is 0 Å². The highest BCUT2D eigenvalue weighted by atomic mass is 35.5. The van der Waals surface area contributed by atoms with Crippen molar-refractivity contribution in [3.63, 3.8) is 0 Å². The van der Waals surface area contributed by atoms with E-state index in [9.17, 15) is 30.6 Å². The zero-order valence-electron chi connectivity index (χ0n) is 15.9. The van der Waals surface area contributed by atoms with Gasteiger partial charge in [0, 0.05) is 16.5 Å². The second kappa shape index (κ2) is 8.24. The van der Waals surface area contributed by atoms with E-state index in [1.54, 1.807) is 37.3 Å². The highest BCUT2D eigenvalue weighted by molar-refractivity contribution is 6.32. The third-order valence-corrected chi connectivity index (χ3v) is 5.97. The predicted octanol–water partition coefficient (Wildman–Crippen LogP) is 4.15. The van der Waals surface area contributed by atoms with Crippen molar-refractivity contribution >= 4 is 23.2 Å². The molecule has 6 N–H and O–H groups in total. The molecule has 3 rings (SSSR count). The quantitative estimate of drug-likeness (QED) is 0.324. The van der Waals surface area contributed by atoms with Gasteiger partial charge in [-0.2, -0.15) is 0 Å². The number of aliphatic hydroxyl groups is 2. The summed E-state index contributed by atoms with van der Waals surface area (Å²) >= 11 is 12.3. The van der Waals surface area contributed by atoms with E-state index in [2.05, 4.69) is 0 Å². The van der Waals surface area contributed by atoms with Crippen molar-refractivity contribution in [1.82, 2.24) is 0 Å². The van der Waals surface area contributed by atoms with Crippen LogP contribution in [-0.4, -0.2) is 30.6 Å². The second-order valence-corrected chi connectivity index (χ2v) is 7.79. The van der Waals surface area contributed by atoms with Crippen molar-refractivity contribution in [2.45, 2.75) is 25.6 Å². The highest BCUT2D eigenvalue weighted by Gasteiger charge is 2.39. The van der Waals surface area contributed by atoms with Gasteiger partial charge in [-0.15, -0.1) is 0 Å². The molecule has 0 amide bonds. The zero-order valence-corrected chi connectivity index (χ0v) is 17.4. The molecule has 0 radical (unpaired) electrons. The Kier molecular flexibility index (Phi) is 6.06. The van der Waals surface area contributed by atoms with Gasteiger partial charge in [0.2, 0.25) is 0 Å². The Bertz CT molecular complexity index is 1030. The van der Waals surface area contributed by atoms with Crippen molar-refractivity contribution in [1.29, 1.82) is 0 Å². The minimum absolute atomic E-state index is 0.110. The molecule has 8 heteroatoms. The van der Waals surface area contributed by atoms with E-state index in [1.807, 2.05) is 0 Å². The van der Waals surface area contributed by atoms with Crippen molar-refractivity contribution in [3.05, 3.63) is 80.3 Å². The molecule has 0 aromatic heterocycles. The zero-order chi connectivity index (χ0) is 22.2. The van der Waals surface area contributed by atoms with Crippen molar-refractivity contribution in [2.75, 3.05) is 0 Å². The lowest BCUT2D eigenvalue weighted by atomic mass is 9.69. The molecule has 3 aromatic rings. The monoisotopic (exact) mass is 450 g/mol. The van der Waals surface area contributed by atoms with Crippen LogP contribution in [0, 0.1) is 0 Å². The van der Waals surface area contributed by atoms with Gasteiger partial charge < -0.3 is 30.6 Å². The predicted molar refractivity (Wildman–Crippen MR) is 113 cm³/mol. The molecule has 6 nitrogen and oxygen atoms in total. The van der Waals surface area contributed by atoms with Gasteiger partial charge in [0.05, 0.1) is 34.4 Å². The van der Waals surface area contributed by atoms with Crippen LogP contribution in [0.5, 0.6) is 23.0 Å². The van der Waals surface area contributed by atoms with Crippen molar-refractivity contribution in [2.24, 2.45) is 0 Å². The van der Waals surface area contributed by atoms with Gasteiger partial charge in [-0.1, -0.05) is 53.5 Å². The minimum Gasteiger partial charge on any atom is -0.507 e. The topological polar surface area (TPSA) is 121 Å². The minimum atomic E-state index is -1.31. The fourth-order valence-electron chi connectivity index (χ4n) is 3.65. The third-order valence-electron chi connectivity index (χ3n) is 5.39. The molecule has 0 spiro atoms. The number of hydrogen-bond acceptors (Lipinski definition) is 6. The smallest absolute Gasteiger partial charge is 0.143 e. The average molecular weight is 451 g/mol. The Hall–Kier alpha value is -2.64. The van der Waals surface area contributed by atoms with Gasteiger partial charge in [-0.25, -0.2) is 0 Å². The lowest BCUT2D eigenvalue weighted by Crippen LogP contribution is -2.26. The molecule has 0 bridgehead atoms. The Balaban J connectivity index is 2.49. The molecule has 3 aromatic carbocycles. The van der Waals surface area contributed by atoms with E-state index in [0.29, 0.717) is 5.56 Å². The maximum atomic E-state index is 10.9. The summed E-state index contributed by atoms with van der Waals surface area (Å²) < 4.78 is 0. The molecule has 0 aliphatic rings. The van der Waals surface area contributed by atoms with Crippen LogP contribution in [0.3, 0.4) is 0 Å². The molecule has 0 saturated carbocycles. The summed E-state index contributed by atoms with van der Waals surface area (Å²) in [6.07, 6.45) is 0. The number of phenols is 4. The van der Waals surface area contributed by atoms with Crippen LogP contribution in [0.2, 0.25) is 10.0 Å². The average Bonchev–Trinajstić information content (AvgIpc) is 2.74. The van der Waals surface area contributed by atoms with Crippen LogP contribution >= 0.6 is 23.2 Å².